The van der Waals surface area contributed by atoms with Gasteiger partial charge in [0.25, 0.3) is 0 Å². The normalized spacial score (nSPS) is 39.5. The quantitative estimate of drug-likeness (QED) is 0.646. The van der Waals surface area contributed by atoms with Crippen LogP contribution in [-0.2, 0) is 9.59 Å². The molecule has 1 aliphatic heterocycles. The molecule has 33 heavy (non-hydrogen) atoms. The van der Waals surface area contributed by atoms with Gasteiger partial charge in [-0.3, -0.25) is 9.59 Å². The fourth-order valence-corrected chi connectivity index (χ4v) is 8.20. The Labute approximate surface area is 196 Å². The average molecular weight is 452 g/mol. The molecule has 4 aliphatic rings. The second-order valence-corrected chi connectivity index (χ2v) is 11.4. The summed E-state index contributed by atoms with van der Waals surface area (Å²) in [6, 6.07) is 3.68. The summed E-state index contributed by atoms with van der Waals surface area (Å²) < 4.78 is 0. The number of hydrogen-bond donors (Lipinski definition) is 3. The van der Waals surface area contributed by atoms with Crippen molar-refractivity contribution in [3.63, 3.8) is 0 Å². The van der Waals surface area contributed by atoms with Gasteiger partial charge in [-0.15, -0.1) is 0 Å². The molecule has 0 radical (unpaired) electrons. The van der Waals surface area contributed by atoms with Gasteiger partial charge < -0.3 is 21.7 Å². The molecule has 5 N–H and O–H groups in total. The number of likely N-dealkylation sites (N-methyl/N-ethyl adjacent to an activating group) is 1. The Bertz CT molecular complexity index is 1010. The highest BCUT2D eigenvalue weighted by atomic mass is 16.2. The molecule has 5 rings (SSSR count). The van der Waals surface area contributed by atoms with Gasteiger partial charge in [0.2, 0.25) is 11.8 Å². The lowest BCUT2D eigenvalue weighted by atomic mass is 9.47. The maximum Gasteiger partial charge on any atom is 0.246 e. The van der Waals surface area contributed by atoms with Gasteiger partial charge in [0, 0.05) is 24.9 Å². The molecule has 2 amide bonds. The van der Waals surface area contributed by atoms with E-state index >= 15 is 0 Å². The number of rotatable bonds is 3. The highest BCUT2D eigenvalue weighted by Gasteiger charge is 2.60. The maximum absolute atomic E-state index is 12.9. The monoisotopic (exact) mass is 451 g/mol. The van der Waals surface area contributed by atoms with Gasteiger partial charge in [-0.2, -0.15) is 0 Å². The van der Waals surface area contributed by atoms with E-state index in [2.05, 4.69) is 30.2 Å². The second kappa shape index (κ2) is 7.74. The Hall–Kier alpha value is -2.57. The molecule has 1 aromatic heterocycles. The highest BCUT2D eigenvalue weighted by Crippen LogP contribution is 2.65. The summed E-state index contributed by atoms with van der Waals surface area (Å²) in [5, 5.41) is 2.96. The zero-order valence-electron chi connectivity index (χ0n) is 20.0. The van der Waals surface area contributed by atoms with Gasteiger partial charge in [-0.05, 0) is 85.8 Å². The molecule has 7 heteroatoms. The number of aromatic nitrogens is 1. The first kappa shape index (κ1) is 22.2. The van der Waals surface area contributed by atoms with Crippen molar-refractivity contribution in [2.75, 3.05) is 23.8 Å². The van der Waals surface area contributed by atoms with Crippen LogP contribution >= 0.6 is 0 Å². The molecule has 2 heterocycles. The van der Waals surface area contributed by atoms with E-state index < -0.39 is 0 Å². The standard InChI is InChI=1S/C26H37N5O2/c1-25-12-10-18-16(5-8-20-26(18,2)13-11-23(33)31(20)3)17(25)6-4-15(25)14-22(32)29-19-7-9-21(27)30-24(19)28/h7,9,11,13,15-18,20H,4-6,8,10,12,14H2,1-3H3,(H,29,32)(H4,27,28,30)/t15-,16+,17+,18+,20-,25-,26-/m1/s1. The topological polar surface area (TPSA) is 114 Å². The van der Waals surface area contributed by atoms with Crippen molar-refractivity contribution >= 4 is 29.1 Å². The van der Waals surface area contributed by atoms with E-state index in [-0.39, 0.29) is 28.5 Å². The zero-order valence-corrected chi connectivity index (χ0v) is 20.0. The minimum Gasteiger partial charge on any atom is -0.384 e. The summed E-state index contributed by atoms with van der Waals surface area (Å²) in [5.74, 6) is 3.05. The van der Waals surface area contributed by atoms with Crippen LogP contribution in [0.4, 0.5) is 17.3 Å². The van der Waals surface area contributed by atoms with Gasteiger partial charge in [-0.25, -0.2) is 4.98 Å². The van der Waals surface area contributed by atoms with E-state index in [9.17, 15) is 9.59 Å². The molecule has 0 unspecified atom stereocenters. The largest absolute Gasteiger partial charge is 0.384 e. The number of nitrogens with zero attached hydrogens (tertiary/aromatic N) is 2. The van der Waals surface area contributed by atoms with E-state index in [1.165, 1.54) is 19.3 Å². The van der Waals surface area contributed by atoms with Crippen molar-refractivity contribution in [2.24, 2.45) is 34.5 Å². The SMILES string of the molecule is CN1C(=O)C=C[C@]2(C)[C@H]3CC[C@]4(C)[C@@H](CC(=O)Nc5ccc(N)nc5N)CC[C@H]4[C@@H]3CC[C@@H]12. The number of carbonyl (C=O) groups is 2. The smallest absolute Gasteiger partial charge is 0.246 e. The van der Waals surface area contributed by atoms with Gasteiger partial charge in [0.1, 0.15) is 11.6 Å². The number of anilines is 3. The van der Waals surface area contributed by atoms with E-state index in [4.69, 9.17) is 11.5 Å². The minimum atomic E-state index is 0.00768. The maximum atomic E-state index is 12.9. The lowest BCUT2D eigenvalue weighted by Crippen LogP contribution is -2.59. The predicted molar refractivity (Wildman–Crippen MR) is 130 cm³/mol. The number of hydrogen-bond acceptors (Lipinski definition) is 5. The Kier molecular flexibility index (Phi) is 5.22. The Morgan fingerprint density at radius 3 is 2.70 bits per heavy atom. The first-order valence-electron chi connectivity index (χ1n) is 12.4. The minimum absolute atomic E-state index is 0.00768. The van der Waals surface area contributed by atoms with E-state index in [0.29, 0.717) is 47.6 Å². The van der Waals surface area contributed by atoms with Crippen LogP contribution in [0.25, 0.3) is 0 Å². The molecule has 0 saturated heterocycles. The third-order valence-electron chi connectivity index (χ3n) is 9.98. The van der Waals surface area contributed by atoms with Crippen LogP contribution in [0.1, 0.15) is 58.8 Å². The summed E-state index contributed by atoms with van der Waals surface area (Å²) in [4.78, 5) is 31.2. The van der Waals surface area contributed by atoms with Crippen LogP contribution in [0.15, 0.2) is 24.3 Å². The van der Waals surface area contributed by atoms with Crippen molar-refractivity contribution in [3.8, 4) is 0 Å². The first-order chi connectivity index (χ1) is 15.6. The van der Waals surface area contributed by atoms with Gasteiger partial charge in [0.15, 0.2) is 0 Å². The number of nitrogens with two attached hydrogens (primary N) is 2. The molecule has 3 fully saturated rings. The molecule has 3 saturated carbocycles. The number of amides is 2. The third kappa shape index (κ3) is 3.42. The number of nitrogen functional groups attached to an aromatic ring is 2. The number of nitrogens with one attached hydrogen (secondary N) is 1. The molecule has 0 bridgehead atoms. The van der Waals surface area contributed by atoms with Crippen molar-refractivity contribution in [1.29, 1.82) is 0 Å². The molecule has 3 aliphatic carbocycles. The van der Waals surface area contributed by atoms with Crippen molar-refractivity contribution < 1.29 is 9.59 Å². The number of fused-ring (bicyclic) bond motifs is 5. The molecule has 7 nitrogen and oxygen atoms in total. The van der Waals surface area contributed by atoms with Crippen LogP contribution in [0.2, 0.25) is 0 Å². The second-order valence-electron chi connectivity index (χ2n) is 11.4. The van der Waals surface area contributed by atoms with Crippen LogP contribution in [0.5, 0.6) is 0 Å². The Balaban J connectivity index is 1.31. The molecule has 0 aromatic carbocycles. The van der Waals surface area contributed by atoms with Crippen LogP contribution < -0.4 is 16.8 Å². The van der Waals surface area contributed by atoms with Crippen molar-refractivity contribution in [1.82, 2.24) is 9.88 Å². The summed E-state index contributed by atoms with van der Waals surface area (Å²) in [6.07, 6.45) is 11.4. The first-order valence-corrected chi connectivity index (χ1v) is 12.4. The molecule has 178 valence electrons. The van der Waals surface area contributed by atoms with Gasteiger partial charge >= 0.3 is 0 Å². The van der Waals surface area contributed by atoms with Gasteiger partial charge in [-0.1, -0.05) is 19.9 Å². The lowest BCUT2D eigenvalue weighted by Gasteiger charge is -2.60. The number of pyridine rings is 1. The Morgan fingerprint density at radius 1 is 1.15 bits per heavy atom. The molecule has 7 atom stereocenters. The summed E-state index contributed by atoms with van der Waals surface area (Å²) in [6.45, 7) is 4.81. The van der Waals surface area contributed by atoms with Crippen LogP contribution in [-0.4, -0.2) is 34.8 Å². The molecule has 1 aromatic rings. The van der Waals surface area contributed by atoms with Crippen LogP contribution in [0.3, 0.4) is 0 Å². The summed E-state index contributed by atoms with van der Waals surface area (Å²) >= 11 is 0. The molecular formula is C26H37N5O2. The predicted octanol–water partition coefficient (Wildman–Crippen LogP) is 3.83. The van der Waals surface area contributed by atoms with Gasteiger partial charge in [0.05, 0.1) is 5.69 Å². The summed E-state index contributed by atoms with van der Waals surface area (Å²) in [5.41, 5.74) is 12.4. The van der Waals surface area contributed by atoms with E-state index in [0.717, 1.165) is 19.3 Å². The van der Waals surface area contributed by atoms with E-state index in [1.54, 1.807) is 18.2 Å². The van der Waals surface area contributed by atoms with Crippen molar-refractivity contribution in [3.05, 3.63) is 24.3 Å². The third-order valence-corrected chi connectivity index (χ3v) is 9.98. The fourth-order valence-electron chi connectivity index (χ4n) is 8.20. The lowest BCUT2D eigenvalue weighted by molar-refractivity contribution is -0.139. The summed E-state index contributed by atoms with van der Waals surface area (Å²) in [7, 11) is 1.97. The molecule has 0 spiro atoms. The average Bonchev–Trinajstić information content (AvgIpc) is 3.09. The molecular weight excluding hydrogens is 414 g/mol. The number of carbonyl (C=O) groups excluding carboxylic acids is 2. The van der Waals surface area contributed by atoms with Crippen molar-refractivity contribution in [2.45, 2.75) is 64.8 Å². The fraction of sp³-hybridized carbons (Fsp3) is 0.654. The van der Waals surface area contributed by atoms with Crippen LogP contribution in [0, 0.1) is 34.5 Å². The van der Waals surface area contributed by atoms with E-state index in [1.807, 2.05) is 11.9 Å². The highest BCUT2D eigenvalue weighted by molar-refractivity contribution is 5.93. The Morgan fingerprint density at radius 2 is 1.94 bits per heavy atom. The zero-order chi connectivity index (χ0) is 23.5.